The Bertz CT molecular complexity index is 1320. The summed E-state index contributed by atoms with van der Waals surface area (Å²) >= 11 is 0. The molecule has 0 bridgehead atoms. The van der Waals surface area contributed by atoms with Crippen LogP contribution >= 0.6 is 0 Å². The lowest BCUT2D eigenvalue weighted by Crippen LogP contribution is -2.43. The molecule has 9 nitrogen and oxygen atoms in total. The predicted molar refractivity (Wildman–Crippen MR) is 153 cm³/mol. The topological polar surface area (TPSA) is 107 Å². The molecule has 1 fully saturated rings. The first-order valence-corrected chi connectivity index (χ1v) is 13.4. The summed E-state index contributed by atoms with van der Waals surface area (Å²) < 4.78 is 0. The van der Waals surface area contributed by atoms with Crippen molar-refractivity contribution in [3.63, 3.8) is 0 Å². The molecule has 198 valence electrons. The number of carbonyl (C=O) groups is 1. The molecule has 2 aliphatic rings. The van der Waals surface area contributed by atoms with Crippen LogP contribution in [0.15, 0.2) is 49.2 Å². The Morgan fingerprint density at radius 3 is 2.79 bits per heavy atom. The highest BCUT2D eigenvalue weighted by atomic mass is 16.1. The summed E-state index contributed by atoms with van der Waals surface area (Å²) in [5, 5.41) is 12.8. The third kappa shape index (κ3) is 5.62. The van der Waals surface area contributed by atoms with E-state index in [1.54, 1.807) is 12.3 Å². The lowest BCUT2D eigenvalue weighted by atomic mass is 10.0. The van der Waals surface area contributed by atoms with E-state index in [1.165, 1.54) is 16.8 Å². The van der Waals surface area contributed by atoms with Crippen LogP contribution in [0.4, 0.5) is 29.0 Å². The Kier molecular flexibility index (Phi) is 7.83. The van der Waals surface area contributed by atoms with Crippen molar-refractivity contribution in [3.05, 3.63) is 71.6 Å². The van der Waals surface area contributed by atoms with Gasteiger partial charge in [0.05, 0.1) is 0 Å². The predicted octanol–water partition coefficient (Wildman–Crippen LogP) is 4.43. The minimum Gasteiger partial charge on any atom is -0.369 e. The molecule has 2 aromatic heterocycles. The first-order chi connectivity index (χ1) is 18.6. The maximum absolute atomic E-state index is 12.9. The number of anilines is 5. The van der Waals surface area contributed by atoms with Gasteiger partial charge in [-0.25, -0.2) is 9.97 Å². The van der Waals surface area contributed by atoms with Crippen LogP contribution in [0, 0.1) is 6.92 Å². The van der Waals surface area contributed by atoms with Crippen molar-refractivity contribution < 1.29 is 4.79 Å². The number of benzene rings is 1. The standard InChI is InChI=1S/C29H36N8O/c1-4-12-31-28(38)23-18-32-29(33-22-9-10-24(19(3)17-22)37-15-13-30-14-16-37)36-27(23)35-25-11-8-21-7-6-20(5-2)26(21)34-25/h4,8-11,17-18,20,30H,1,5-7,12-16H2,2-3H3,(H,31,38)(H2,32,33,34,35,36). The molecule has 1 unspecified atom stereocenters. The van der Waals surface area contributed by atoms with Gasteiger partial charge in [-0.2, -0.15) is 4.98 Å². The highest BCUT2D eigenvalue weighted by molar-refractivity contribution is 5.99. The SMILES string of the molecule is C=CCNC(=O)c1cnc(Nc2ccc(N3CCNCC3)c(C)c2)nc1Nc1ccc2c(n1)C(CC)CC2. The first kappa shape index (κ1) is 25.7. The van der Waals surface area contributed by atoms with Crippen molar-refractivity contribution in [1.29, 1.82) is 0 Å². The molecule has 3 aromatic rings. The second-order valence-electron chi connectivity index (χ2n) is 9.83. The van der Waals surface area contributed by atoms with E-state index >= 15 is 0 Å². The lowest BCUT2D eigenvalue weighted by Gasteiger charge is -2.30. The third-order valence-electron chi connectivity index (χ3n) is 7.25. The molecule has 1 saturated heterocycles. The second-order valence-corrected chi connectivity index (χ2v) is 9.83. The summed E-state index contributed by atoms with van der Waals surface area (Å²) in [6.07, 6.45) is 6.44. The monoisotopic (exact) mass is 512 g/mol. The number of pyridine rings is 1. The van der Waals surface area contributed by atoms with Crippen molar-refractivity contribution in [1.82, 2.24) is 25.6 Å². The molecule has 1 aliphatic heterocycles. The molecule has 38 heavy (non-hydrogen) atoms. The number of aromatic nitrogens is 3. The van der Waals surface area contributed by atoms with Crippen molar-refractivity contribution in [2.75, 3.05) is 48.3 Å². The third-order valence-corrected chi connectivity index (χ3v) is 7.25. The molecule has 4 N–H and O–H groups in total. The molecule has 9 heteroatoms. The van der Waals surface area contributed by atoms with Crippen LogP contribution in [0.3, 0.4) is 0 Å². The van der Waals surface area contributed by atoms with Crippen molar-refractivity contribution in [2.45, 2.75) is 39.0 Å². The Morgan fingerprint density at radius 1 is 1.18 bits per heavy atom. The van der Waals surface area contributed by atoms with Crippen LogP contribution in [0.1, 0.15) is 52.9 Å². The quantitative estimate of drug-likeness (QED) is 0.312. The van der Waals surface area contributed by atoms with Crippen LogP contribution in [-0.4, -0.2) is 53.6 Å². The fourth-order valence-electron chi connectivity index (χ4n) is 5.21. The highest BCUT2D eigenvalue weighted by Crippen LogP contribution is 2.35. The minimum absolute atomic E-state index is 0.275. The van der Waals surface area contributed by atoms with Gasteiger partial charge in [-0.3, -0.25) is 4.79 Å². The number of aryl methyl sites for hydroxylation is 2. The summed E-state index contributed by atoms with van der Waals surface area (Å²) in [5.74, 6) is 1.66. The van der Waals surface area contributed by atoms with Crippen LogP contribution in [0.25, 0.3) is 0 Å². The zero-order valence-corrected chi connectivity index (χ0v) is 22.2. The molecular weight excluding hydrogens is 476 g/mol. The molecule has 1 atom stereocenters. The van der Waals surface area contributed by atoms with Crippen LogP contribution < -0.4 is 26.2 Å². The van der Waals surface area contributed by atoms with E-state index in [0.717, 1.165) is 56.8 Å². The highest BCUT2D eigenvalue weighted by Gasteiger charge is 2.23. The fraction of sp³-hybridized carbons (Fsp3) is 0.379. The molecule has 0 spiro atoms. The van der Waals surface area contributed by atoms with Crippen molar-refractivity contribution in [2.24, 2.45) is 0 Å². The maximum atomic E-state index is 12.9. The number of hydrogen-bond acceptors (Lipinski definition) is 8. The van der Waals surface area contributed by atoms with E-state index in [4.69, 9.17) is 4.98 Å². The van der Waals surface area contributed by atoms with E-state index in [2.05, 4.69) is 74.8 Å². The number of amides is 1. The first-order valence-electron chi connectivity index (χ1n) is 13.4. The van der Waals surface area contributed by atoms with Gasteiger partial charge in [0.15, 0.2) is 0 Å². The summed E-state index contributed by atoms with van der Waals surface area (Å²) in [6.45, 7) is 12.3. The van der Waals surface area contributed by atoms with Gasteiger partial charge in [0.25, 0.3) is 5.91 Å². The van der Waals surface area contributed by atoms with Gasteiger partial charge in [-0.15, -0.1) is 6.58 Å². The average Bonchev–Trinajstić information content (AvgIpc) is 3.35. The maximum Gasteiger partial charge on any atom is 0.256 e. The van der Waals surface area contributed by atoms with Crippen LogP contribution in [0.5, 0.6) is 0 Å². The van der Waals surface area contributed by atoms with Crippen molar-refractivity contribution >= 4 is 34.9 Å². The van der Waals surface area contributed by atoms with Gasteiger partial charge < -0.3 is 26.2 Å². The van der Waals surface area contributed by atoms with E-state index in [9.17, 15) is 4.79 Å². The smallest absolute Gasteiger partial charge is 0.256 e. The molecule has 5 rings (SSSR count). The zero-order chi connectivity index (χ0) is 26.5. The van der Waals surface area contributed by atoms with E-state index in [0.29, 0.717) is 35.6 Å². The number of hydrogen-bond donors (Lipinski definition) is 4. The number of nitrogens with one attached hydrogen (secondary N) is 4. The Labute approximate surface area is 224 Å². The van der Waals surface area contributed by atoms with Gasteiger partial charge in [0.1, 0.15) is 17.2 Å². The molecule has 1 aromatic carbocycles. The Morgan fingerprint density at radius 2 is 2.03 bits per heavy atom. The lowest BCUT2D eigenvalue weighted by molar-refractivity contribution is 0.0958. The van der Waals surface area contributed by atoms with Gasteiger partial charge in [0.2, 0.25) is 5.95 Å². The molecule has 1 amide bonds. The summed E-state index contributed by atoms with van der Waals surface area (Å²) in [7, 11) is 0. The Balaban J connectivity index is 1.40. The molecular formula is C29H36N8O. The second kappa shape index (κ2) is 11.6. The van der Waals surface area contributed by atoms with E-state index < -0.39 is 0 Å². The summed E-state index contributed by atoms with van der Waals surface area (Å²) in [5.41, 5.74) is 6.10. The largest absolute Gasteiger partial charge is 0.369 e. The number of nitrogens with zero attached hydrogens (tertiary/aromatic N) is 4. The van der Waals surface area contributed by atoms with Crippen molar-refractivity contribution in [3.8, 4) is 0 Å². The molecule has 0 radical (unpaired) electrons. The molecule has 3 heterocycles. The molecule has 0 saturated carbocycles. The van der Waals surface area contributed by atoms with Crippen LogP contribution in [0.2, 0.25) is 0 Å². The number of fused-ring (bicyclic) bond motifs is 1. The number of rotatable bonds is 9. The summed E-state index contributed by atoms with van der Waals surface area (Å²) in [4.78, 5) is 29.3. The number of carbonyl (C=O) groups excluding carboxylic acids is 1. The fourth-order valence-corrected chi connectivity index (χ4v) is 5.21. The number of piperazine rings is 1. The van der Waals surface area contributed by atoms with Gasteiger partial charge in [0, 0.05) is 61.9 Å². The normalized spacial score (nSPS) is 16.6. The Hall–Kier alpha value is -3.98. The average molecular weight is 513 g/mol. The van der Waals surface area contributed by atoms with Gasteiger partial charge in [-0.05, 0) is 61.6 Å². The molecule has 1 aliphatic carbocycles. The van der Waals surface area contributed by atoms with E-state index in [1.807, 2.05) is 12.1 Å². The minimum atomic E-state index is -0.275. The zero-order valence-electron chi connectivity index (χ0n) is 22.2. The van der Waals surface area contributed by atoms with Gasteiger partial charge >= 0.3 is 0 Å². The van der Waals surface area contributed by atoms with Gasteiger partial charge in [-0.1, -0.05) is 19.1 Å². The van der Waals surface area contributed by atoms with E-state index in [-0.39, 0.29) is 5.91 Å². The van der Waals surface area contributed by atoms with Crippen LogP contribution in [-0.2, 0) is 6.42 Å². The summed E-state index contributed by atoms with van der Waals surface area (Å²) in [6, 6.07) is 10.4.